The van der Waals surface area contributed by atoms with Crippen molar-refractivity contribution in [3.05, 3.63) is 106 Å². The fraction of sp³-hybridized carbons (Fsp3) is 0.231. The molecule has 0 aromatic heterocycles. The molecule has 0 radical (unpaired) electrons. The normalized spacial score (nSPS) is 12.0. The number of allylic oxidation sites excluding steroid dienone is 2. The van der Waals surface area contributed by atoms with Crippen molar-refractivity contribution < 1.29 is 30.7 Å². The molecule has 0 aliphatic heterocycles. The Morgan fingerprint density at radius 1 is 0.727 bits per heavy atom. The van der Waals surface area contributed by atoms with Crippen LogP contribution in [0.3, 0.4) is 0 Å². The van der Waals surface area contributed by atoms with Crippen molar-refractivity contribution >= 4 is 0 Å². The third kappa shape index (κ3) is 5.83. The molecular formula is C26H21F7. The number of benzene rings is 3. The van der Waals surface area contributed by atoms with Crippen molar-refractivity contribution in [1.82, 2.24) is 0 Å². The summed E-state index contributed by atoms with van der Waals surface area (Å²) in [4.78, 5) is 0. The topological polar surface area (TPSA) is 0 Å². The van der Waals surface area contributed by atoms with E-state index in [0.717, 1.165) is 18.4 Å². The van der Waals surface area contributed by atoms with E-state index in [1.807, 2.05) is 31.2 Å². The minimum atomic E-state index is -5.16. The molecule has 7 heteroatoms. The van der Waals surface area contributed by atoms with Crippen molar-refractivity contribution in [2.75, 3.05) is 0 Å². The van der Waals surface area contributed by atoms with Crippen molar-refractivity contribution in [2.24, 2.45) is 0 Å². The van der Waals surface area contributed by atoms with Gasteiger partial charge in [0.25, 0.3) is 0 Å². The third-order valence-corrected chi connectivity index (χ3v) is 5.33. The van der Waals surface area contributed by atoms with Gasteiger partial charge in [-0.25, -0.2) is 17.6 Å². The molecular weight excluding hydrogens is 445 g/mol. The average molecular weight is 466 g/mol. The van der Waals surface area contributed by atoms with Gasteiger partial charge in [0.05, 0.1) is 0 Å². The maximum Gasteiger partial charge on any atom is 0.422 e. The molecule has 0 nitrogen and oxygen atoms in total. The van der Waals surface area contributed by atoms with Crippen molar-refractivity contribution in [1.29, 1.82) is 0 Å². The van der Waals surface area contributed by atoms with Crippen molar-refractivity contribution in [2.45, 2.75) is 38.8 Å². The molecule has 0 unspecified atom stereocenters. The molecule has 0 aliphatic rings. The lowest BCUT2D eigenvalue weighted by Gasteiger charge is -2.12. The summed E-state index contributed by atoms with van der Waals surface area (Å²) >= 11 is 0. The van der Waals surface area contributed by atoms with E-state index in [4.69, 9.17) is 0 Å². The van der Waals surface area contributed by atoms with Gasteiger partial charge < -0.3 is 0 Å². The summed E-state index contributed by atoms with van der Waals surface area (Å²) in [5.41, 5.74) is -0.469. The molecule has 0 bridgehead atoms. The van der Waals surface area contributed by atoms with E-state index < -0.39 is 35.0 Å². The van der Waals surface area contributed by atoms with Gasteiger partial charge in [0.15, 0.2) is 11.6 Å². The highest BCUT2D eigenvalue weighted by Crippen LogP contribution is 2.34. The van der Waals surface area contributed by atoms with Crippen LogP contribution in [0.15, 0.2) is 60.7 Å². The van der Waals surface area contributed by atoms with E-state index in [9.17, 15) is 30.7 Å². The lowest BCUT2D eigenvalue weighted by atomic mass is 9.97. The van der Waals surface area contributed by atoms with Gasteiger partial charge in [0.1, 0.15) is 17.2 Å². The number of hydrogen-bond acceptors (Lipinski definition) is 0. The molecule has 0 spiro atoms. The van der Waals surface area contributed by atoms with E-state index in [2.05, 4.69) is 0 Å². The maximum absolute atomic E-state index is 14.7. The van der Waals surface area contributed by atoms with E-state index in [1.165, 1.54) is 12.1 Å². The SMILES string of the molecule is C/C=C/CCc1ccc(-c2ccc(CCc3cc(F)c(C(F)(F)F)c(F)c3)c(F)c2F)cc1. The van der Waals surface area contributed by atoms with Gasteiger partial charge in [-0.3, -0.25) is 0 Å². The second kappa shape index (κ2) is 10.2. The Labute approximate surface area is 187 Å². The Morgan fingerprint density at radius 3 is 1.94 bits per heavy atom. The van der Waals surface area contributed by atoms with Crippen molar-refractivity contribution in [3.8, 4) is 11.1 Å². The van der Waals surface area contributed by atoms with Crippen LogP contribution in [0.1, 0.15) is 35.6 Å². The van der Waals surface area contributed by atoms with Crippen LogP contribution in [0.5, 0.6) is 0 Å². The monoisotopic (exact) mass is 466 g/mol. The summed E-state index contributed by atoms with van der Waals surface area (Å²) in [6.45, 7) is 1.93. The number of hydrogen-bond donors (Lipinski definition) is 0. The molecule has 0 N–H and O–H groups in total. The summed E-state index contributed by atoms with van der Waals surface area (Å²) in [5.74, 6) is -5.64. The second-order valence-corrected chi connectivity index (χ2v) is 7.64. The predicted octanol–water partition coefficient (Wildman–Crippen LogP) is 8.22. The van der Waals surface area contributed by atoms with E-state index >= 15 is 0 Å². The van der Waals surface area contributed by atoms with E-state index in [1.54, 1.807) is 12.1 Å². The van der Waals surface area contributed by atoms with Gasteiger partial charge in [-0.2, -0.15) is 13.2 Å². The zero-order valence-electron chi connectivity index (χ0n) is 17.7. The van der Waals surface area contributed by atoms with Gasteiger partial charge in [0, 0.05) is 5.56 Å². The van der Waals surface area contributed by atoms with Crippen LogP contribution in [-0.4, -0.2) is 0 Å². The lowest BCUT2D eigenvalue weighted by molar-refractivity contribution is -0.142. The molecule has 174 valence electrons. The fourth-order valence-electron chi connectivity index (χ4n) is 3.59. The van der Waals surface area contributed by atoms with Gasteiger partial charge in [-0.1, -0.05) is 48.6 Å². The summed E-state index contributed by atoms with van der Waals surface area (Å²) in [7, 11) is 0. The molecule has 0 saturated heterocycles. The molecule has 0 amide bonds. The molecule has 0 atom stereocenters. The van der Waals surface area contributed by atoms with Crippen LogP contribution in [-0.2, 0) is 25.4 Å². The molecule has 3 rings (SSSR count). The van der Waals surface area contributed by atoms with E-state index in [-0.39, 0.29) is 29.5 Å². The number of aryl methyl sites for hydroxylation is 3. The molecule has 3 aromatic carbocycles. The third-order valence-electron chi connectivity index (χ3n) is 5.33. The Kier molecular flexibility index (Phi) is 7.61. The Morgan fingerprint density at radius 2 is 1.36 bits per heavy atom. The van der Waals surface area contributed by atoms with E-state index in [0.29, 0.717) is 17.7 Å². The minimum absolute atomic E-state index is 0.0417. The maximum atomic E-state index is 14.7. The van der Waals surface area contributed by atoms with Gasteiger partial charge in [0.2, 0.25) is 0 Å². The molecule has 0 saturated carbocycles. The number of halogens is 7. The van der Waals surface area contributed by atoms with Crippen LogP contribution in [0, 0.1) is 23.3 Å². The Balaban J connectivity index is 1.76. The molecule has 0 fully saturated rings. The van der Waals surface area contributed by atoms with Crippen LogP contribution in [0.4, 0.5) is 30.7 Å². The largest absolute Gasteiger partial charge is 0.422 e. The molecule has 33 heavy (non-hydrogen) atoms. The van der Waals surface area contributed by atoms with Gasteiger partial charge in [-0.05, 0) is 67.0 Å². The minimum Gasteiger partial charge on any atom is -0.206 e. The first-order valence-electron chi connectivity index (χ1n) is 10.3. The Bertz CT molecular complexity index is 1120. The standard InChI is InChI=1S/C26H21F7/c1-2-3-4-5-16-6-9-18(10-7-16)20-13-12-19(24(29)25(20)30)11-8-17-14-21(27)23(22(28)15-17)26(31,32)33/h2-3,6-7,9-10,12-15H,4-5,8,11H2,1H3/b3-2+. The van der Waals surface area contributed by atoms with Gasteiger partial charge >= 0.3 is 6.18 Å². The fourth-order valence-corrected chi connectivity index (χ4v) is 3.59. The first kappa shape index (κ1) is 24.6. The van der Waals surface area contributed by atoms with Crippen LogP contribution < -0.4 is 0 Å². The summed E-state index contributed by atoms with van der Waals surface area (Å²) in [6, 6.07) is 11.0. The highest BCUT2D eigenvalue weighted by Gasteiger charge is 2.37. The lowest BCUT2D eigenvalue weighted by Crippen LogP contribution is -2.12. The number of alkyl halides is 3. The molecule has 0 aliphatic carbocycles. The van der Waals surface area contributed by atoms with Crippen LogP contribution >= 0.6 is 0 Å². The first-order chi connectivity index (χ1) is 15.6. The zero-order chi connectivity index (χ0) is 24.2. The highest BCUT2D eigenvalue weighted by atomic mass is 19.4. The highest BCUT2D eigenvalue weighted by molar-refractivity contribution is 5.65. The molecule has 3 aromatic rings. The van der Waals surface area contributed by atoms with Crippen molar-refractivity contribution in [3.63, 3.8) is 0 Å². The first-order valence-corrected chi connectivity index (χ1v) is 10.3. The smallest absolute Gasteiger partial charge is 0.206 e. The van der Waals surface area contributed by atoms with Crippen LogP contribution in [0.25, 0.3) is 11.1 Å². The second-order valence-electron chi connectivity index (χ2n) is 7.64. The summed E-state index contributed by atoms with van der Waals surface area (Å²) in [5, 5.41) is 0. The quantitative estimate of drug-likeness (QED) is 0.243. The summed E-state index contributed by atoms with van der Waals surface area (Å²) < 4.78 is 94.9. The average Bonchev–Trinajstić information content (AvgIpc) is 2.74. The predicted molar refractivity (Wildman–Crippen MR) is 114 cm³/mol. The number of rotatable bonds is 7. The Hall–Kier alpha value is -3.09. The summed E-state index contributed by atoms with van der Waals surface area (Å²) in [6.07, 6.45) is 0.224. The van der Waals surface area contributed by atoms with Gasteiger partial charge in [-0.15, -0.1) is 0 Å². The zero-order valence-corrected chi connectivity index (χ0v) is 17.7. The molecule has 0 heterocycles. The van der Waals surface area contributed by atoms with Crippen LogP contribution in [0.2, 0.25) is 0 Å².